The average Bonchev–Trinajstić information content (AvgIpc) is 2.81. The van der Waals surface area contributed by atoms with Crippen molar-refractivity contribution in [3.63, 3.8) is 0 Å². The molecule has 2 heterocycles. The Morgan fingerprint density at radius 2 is 2.56 bits per heavy atom. The van der Waals surface area contributed by atoms with Crippen LogP contribution in [0.4, 0.5) is 0 Å². The second-order valence-electron chi connectivity index (χ2n) is 3.92. The highest BCUT2D eigenvalue weighted by molar-refractivity contribution is 5.78. The molecular formula is C11H17N3O2. The Hall–Kier alpha value is -1.33. The molecule has 0 saturated carbocycles. The third-order valence-electron chi connectivity index (χ3n) is 2.82. The molecule has 1 aromatic heterocycles. The molecule has 1 fully saturated rings. The van der Waals surface area contributed by atoms with E-state index >= 15 is 0 Å². The minimum Gasteiger partial charge on any atom is -0.377 e. The van der Waals surface area contributed by atoms with E-state index in [1.54, 1.807) is 0 Å². The summed E-state index contributed by atoms with van der Waals surface area (Å²) in [4.78, 5) is 16.9. The van der Waals surface area contributed by atoms with Gasteiger partial charge >= 0.3 is 0 Å². The predicted molar refractivity (Wildman–Crippen MR) is 59.9 cm³/mol. The topological polar surface area (TPSA) is 71.3 Å². The summed E-state index contributed by atoms with van der Waals surface area (Å²) in [6, 6.07) is 3.83. The molecule has 0 aromatic carbocycles. The van der Waals surface area contributed by atoms with E-state index in [4.69, 9.17) is 10.5 Å². The van der Waals surface area contributed by atoms with Crippen LogP contribution in [0.5, 0.6) is 0 Å². The molecule has 16 heavy (non-hydrogen) atoms. The lowest BCUT2D eigenvalue weighted by molar-refractivity contribution is -0.138. The number of rotatable bonds is 3. The zero-order valence-corrected chi connectivity index (χ0v) is 9.19. The summed E-state index contributed by atoms with van der Waals surface area (Å²) in [5.41, 5.74) is 6.56. The van der Waals surface area contributed by atoms with Crippen molar-refractivity contribution in [3.8, 4) is 0 Å². The summed E-state index contributed by atoms with van der Waals surface area (Å²) >= 11 is 0. The van der Waals surface area contributed by atoms with Crippen LogP contribution in [0, 0.1) is 0 Å². The van der Waals surface area contributed by atoms with Crippen LogP contribution in [0.3, 0.4) is 0 Å². The molecule has 2 rings (SSSR count). The smallest absolute Gasteiger partial charge is 0.228 e. The van der Waals surface area contributed by atoms with Crippen molar-refractivity contribution in [2.45, 2.75) is 12.5 Å². The number of aromatic amines is 1. The highest BCUT2D eigenvalue weighted by Gasteiger charge is 2.26. The third kappa shape index (κ3) is 2.43. The normalized spacial score (nSPS) is 21.1. The van der Waals surface area contributed by atoms with Crippen molar-refractivity contribution in [2.75, 3.05) is 26.3 Å². The van der Waals surface area contributed by atoms with E-state index in [2.05, 4.69) is 4.98 Å². The van der Waals surface area contributed by atoms with E-state index in [0.29, 0.717) is 32.7 Å². The van der Waals surface area contributed by atoms with Gasteiger partial charge in [-0.2, -0.15) is 0 Å². The van der Waals surface area contributed by atoms with Crippen molar-refractivity contribution in [3.05, 3.63) is 24.0 Å². The maximum atomic E-state index is 12.0. The summed E-state index contributed by atoms with van der Waals surface area (Å²) in [7, 11) is 0. The Labute approximate surface area is 94.6 Å². The molecule has 5 heteroatoms. The number of aromatic nitrogens is 1. The number of hydrogen-bond donors (Lipinski definition) is 2. The number of carbonyl (C=O) groups is 1. The predicted octanol–water partition coefficient (Wildman–Crippen LogP) is -0.257. The second kappa shape index (κ2) is 5.14. The lowest BCUT2D eigenvalue weighted by Crippen LogP contribution is -2.52. The summed E-state index contributed by atoms with van der Waals surface area (Å²) in [6.07, 6.45) is 2.23. The molecule has 88 valence electrons. The molecule has 1 saturated heterocycles. The first-order valence-electron chi connectivity index (χ1n) is 5.51. The van der Waals surface area contributed by atoms with Gasteiger partial charge in [-0.25, -0.2) is 0 Å². The molecule has 0 aliphatic carbocycles. The number of amides is 1. The SMILES string of the molecule is NCC1COCCN1C(=O)Cc1ccc[nH]1. The Balaban J connectivity index is 1.97. The fourth-order valence-corrected chi connectivity index (χ4v) is 1.92. The molecule has 1 aromatic rings. The monoisotopic (exact) mass is 223 g/mol. The van der Waals surface area contributed by atoms with Gasteiger partial charge in [0.2, 0.25) is 5.91 Å². The van der Waals surface area contributed by atoms with Gasteiger partial charge in [0.15, 0.2) is 0 Å². The summed E-state index contributed by atoms with van der Waals surface area (Å²) < 4.78 is 5.31. The Morgan fingerprint density at radius 1 is 1.69 bits per heavy atom. The van der Waals surface area contributed by atoms with Crippen LogP contribution in [0.25, 0.3) is 0 Å². The van der Waals surface area contributed by atoms with Crippen LogP contribution < -0.4 is 5.73 Å². The Morgan fingerprint density at radius 3 is 3.25 bits per heavy atom. The van der Waals surface area contributed by atoms with E-state index in [9.17, 15) is 4.79 Å². The summed E-state index contributed by atoms with van der Waals surface area (Å²) in [5.74, 6) is 0.112. The minimum absolute atomic E-state index is 0.0243. The Bertz CT molecular complexity index is 337. The number of nitrogens with two attached hydrogens (primary N) is 1. The van der Waals surface area contributed by atoms with Gasteiger partial charge in [0.05, 0.1) is 25.7 Å². The zero-order valence-electron chi connectivity index (χ0n) is 9.19. The lowest BCUT2D eigenvalue weighted by Gasteiger charge is -2.34. The second-order valence-corrected chi connectivity index (χ2v) is 3.92. The number of H-pyrrole nitrogens is 1. The van der Waals surface area contributed by atoms with Gasteiger partial charge < -0.3 is 20.4 Å². The quantitative estimate of drug-likeness (QED) is 0.742. The molecular weight excluding hydrogens is 206 g/mol. The molecule has 1 unspecified atom stereocenters. The fraction of sp³-hybridized carbons (Fsp3) is 0.545. The van der Waals surface area contributed by atoms with Gasteiger partial charge in [0.25, 0.3) is 0 Å². The molecule has 0 spiro atoms. The van der Waals surface area contributed by atoms with E-state index in [0.717, 1.165) is 5.69 Å². The number of carbonyl (C=O) groups excluding carboxylic acids is 1. The summed E-state index contributed by atoms with van der Waals surface area (Å²) in [5, 5.41) is 0. The van der Waals surface area contributed by atoms with Gasteiger partial charge in [-0.3, -0.25) is 4.79 Å². The lowest BCUT2D eigenvalue weighted by atomic mass is 10.2. The van der Waals surface area contributed by atoms with Gasteiger partial charge in [-0.1, -0.05) is 0 Å². The van der Waals surface area contributed by atoms with Gasteiger partial charge in [0, 0.05) is 25.0 Å². The molecule has 0 bridgehead atoms. The molecule has 0 radical (unpaired) electrons. The molecule has 1 atom stereocenters. The third-order valence-corrected chi connectivity index (χ3v) is 2.82. The van der Waals surface area contributed by atoms with E-state index in [1.165, 1.54) is 0 Å². The number of nitrogens with zero attached hydrogens (tertiary/aromatic N) is 1. The molecule has 5 nitrogen and oxygen atoms in total. The first-order valence-corrected chi connectivity index (χ1v) is 5.51. The first kappa shape index (κ1) is 11.2. The van der Waals surface area contributed by atoms with Crippen LogP contribution >= 0.6 is 0 Å². The van der Waals surface area contributed by atoms with Crippen molar-refractivity contribution in [1.82, 2.24) is 9.88 Å². The Kier molecular flexibility index (Phi) is 3.58. The highest BCUT2D eigenvalue weighted by Crippen LogP contribution is 2.08. The van der Waals surface area contributed by atoms with Crippen molar-refractivity contribution >= 4 is 5.91 Å². The maximum absolute atomic E-state index is 12.0. The highest BCUT2D eigenvalue weighted by atomic mass is 16.5. The first-order chi connectivity index (χ1) is 7.81. The van der Waals surface area contributed by atoms with Crippen LogP contribution in [0.2, 0.25) is 0 Å². The van der Waals surface area contributed by atoms with Crippen LogP contribution in [0.1, 0.15) is 5.69 Å². The standard InChI is InChI=1S/C11H17N3O2/c12-7-10-8-16-5-4-14(10)11(15)6-9-2-1-3-13-9/h1-3,10,13H,4-8,12H2. The molecule has 1 amide bonds. The summed E-state index contributed by atoms with van der Waals surface area (Å²) in [6.45, 7) is 2.25. The molecule has 1 aliphatic rings. The van der Waals surface area contributed by atoms with Crippen LogP contribution in [-0.2, 0) is 16.0 Å². The maximum Gasteiger partial charge on any atom is 0.228 e. The average molecular weight is 223 g/mol. The van der Waals surface area contributed by atoms with Crippen LogP contribution in [-0.4, -0.2) is 48.1 Å². The largest absolute Gasteiger partial charge is 0.377 e. The molecule has 1 aliphatic heterocycles. The number of ether oxygens (including phenoxy) is 1. The van der Waals surface area contributed by atoms with Gasteiger partial charge in [-0.15, -0.1) is 0 Å². The fourth-order valence-electron chi connectivity index (χ4n) is 1.92. The molecule has 3 N–H and O–H groups in total. The van der Waals surface area contributed by atoms with Gasteiger partial charge in [0.1, 0.15) is 0 Å². The van der Waals surface area contributed by atoms with E-state index in [-0.39, 0.29) is 11.9 Å². The van der Waals surface area contributed by atoms with Gasteiger partial charge in [-0.05, 0) is 12.1 Å². The zero-order chi connectivity index (χ0) is 11.4. The number of morpholine rings is 1. The van der Waals surface area contributed by atoms with E-state index < -0.39 is 0 Å². The van der Waals surface area contributed by atoms with Crippen molar-refractivity contribution in [2.24, 2.45) is 5.73 Å². The minimum atomic E-state index is 0.0243. The van der Waals surface area contributed by atoms with Crippen molar-refractivity contribution in [1.29, 1.82) is 0 Å². The number of hydrogen-bond acceptors (Lipinski definition) is 3. The van der Waals surface area contributed by atoms with Crippen molar-refractivity contribution < 1.29 is 9.53 Å². The van der Waals surface area contributed by atoms with E-state index in [1.807, 2.05) is 23.2 Å². The number of nitrogens with one attached hydrogen (secondary N) is 1. The van der Waals surface area contributed by atoms with Crippen LogP contribution in [0.15, 0.2) is 18.3 Å².